The third kappa shape index (κ3) is 4.28. The predicted octanol–water partition coefficient (Wildman–Crippen LogP) is 3.64. The molecule has 1 aromatic heterocycles. The van der Waals surface area contributed by atoms with Gasteiger partial charge in [-0.1, -0.05) is 6.07 Å². The molecule has 150 valence electrons. The van der Waals surface area contributed by atoms with Crippen LogP contribution in [0.25, 0.3) is 0 Å². The van der Waals surface area contributed by atoms with E-state index in [1.165, 1.54) is 0 Å². The number of ketones is 1. The maximum atomic E-state index is 12.6. The van der Waals surface area contributed by atoms with Gasteiger partial charge in [-0.2, -0.15) is 0 Å². The van der Waals surface area contributed by atoms with E-state index in [1.54, 1.807) is 25.3 Å². The lowest BCUT2D eigenvalue weighted by Gasteiger charge is -2.14. The molecular formula is C22H27NO5. The second kappa shape index (κ2) is 8.61. The van der Waals surface area contributed by atoms with E-state index in [0.29, 0.717) is 16.9 Å². The number of carbonyl (C=O) groups is 2. The average molecular weight is 385 g/mol. The first-order valence-corrected chi connectivity index (χ1v) is 9.54. The molecular weight excluding hydrogens is 358 g/mol. The van der Waals surface area contributed by atoms with Gasteiger partial charge in [-0.15, -0.1) is 0 Å². The standard InChI is InChI=1S/C22H27NO5/c1-14-7-8-17(11-21(14)26-4)22(25)28-13-20(24)19-10-15(2)23(16(19)3)12-18-6-5-9-27-18/h7-8,10-11,18H,5-6,9,12-13H2,1-4H3/t18-/m0/s1. The topological polar surface area (TPSA) is 66.8 Å². The average Bonchev–Trinajstić information content (AvgIpc) is 3.30. The van der Waals surface area contributed by atoms with Gasteiger partial charge < -0.3 is 18.8 Å². The van der Waals surface area contributed by atoms with Gasteiger partial charge in [0, 0.05) is 30.1 Å². The van der Waals surface area contributed by atoms with Gasteiger partial charge in [-0.3, -0.25) is 4.79 Å². The van der Waals surface area contributed by atoms with E-state index in [4.69, 9.17) is 14.2 Å². The third-order valence-electron chi connectivity index (χ3n) is 5.26. The number of Topliss-reactive ketones (excluding diaryl/α,β-unsaturated/α-hetero) is 1. The van der Waals surface area contributed by atoms with Crippen molar-refractivity contribution >= 4 is 11.8 Å². The van der Waals surface area contributed by atoms with Gasteiger partial charge in [-0.05, 0) is 57.4 Å². The number of ether oxygens (including phenoxy) is 3. The summed E-state index contributed by atoms with van der Waals surface area (Å²) in [6, 6.07) is 6.93. The van der Waals surface area contributed by atoms with Crippen LogP contribution in [-0.4, -0.2) is 42.7 Å². The predicted molar refractivity (Wildman–Crippen MR) is 105 cm³/mol. The number of hydrogen-bond acceptors (Lipinski definition) is 5. The first kappa shape index (κ1) is 20.1. The van der Waals surface area contributed by atoms with E-state index in [1.807, 2.05) is 26.8 Å². The molecule has 0 bridgehead atoms. The van der Waals surface area contributed by atoms with Crippen LogP contribution in [0.5, 0.6) is 5.75 Å². The van der Waals surface area contributed by atoms with E-state index >= 15 is 0 Å². The Kier molecular flexibility index (Phi) is 6.19. The van der Waals surface area contributed by atoms with Crippen molar-refractivity contribution in [3.63, 3.8) is 0 Å². The Morgan fingerprint density at radius 1 is 1.21 bits per heavy atom. The van der Waals surface area contributed by atoms with Crippen LogP contribution in [-0.2, 0) is 16.0 Å². The maximum Gasteiger partial charge on any atom is 0.338 e. The number of aryl methyl sites for hydroxylation is 2. The second-order valence-corrected chi connectivity index (χ2v) is 7.21. The first-order chi connectivity index (χ1) is 13.4. The van der Waals surface area contributed by atoms with Crippen molar-refractivity contribution in [1.29, 1.82) is 0 Å². The zero-order valence-corrected chi connectivity index (χ0v) is 16.9. The summed E-state index contributed by atoms with van der Waals surface area (Å²) in [5, 5.41) is 0. The monoisotopic (exact) mass is 385 g/mol. The Labute approximate surface area is 165 Å². The molecule has 0 amide bonds. The van der Waals surface area contributed by atoms with Crippen molar-refractivity contribution in [3.05, 3.63) is 52.3 Å². The lowest BCUT2D eigenvalue weighted by molar-refractivity contribution is 0.0474. The van der Waals surface area contributed by atoms with Crippen LogP contribution >= 0.6 is 0 Å². The molecule has 1 aliphatic rings. The molecule has 0 radical (unpaired) electrons. The minimum atomic E-state index is -0.542. The highest BCUT2D eigenvalue weighted by atomic mass is 16.5. The Bertz CT molecular complexity index is 877. The SMILES string of the molecule is COc1cc(C(=O)OCC(=O)c2cc(C)n(C[C@@H]3CCCO3)c2C)ccc1C. The van der Waals surface area contributed by atoms with Crippen molar-refractivity contribution in [2.24, 2.45) is 0 Å². The molecule has 1 fully saturated rings. The third-order valence-corrected chi connectivity index (χ3v) is 5.26. The van der Waals surface area contributed by atoms with Gasteiger partial charge in [0.25, 0.3) is 0 Å². The largest absolute Gasteiger partial charge is 0.496 e. The second-order valence-electron chi connectivity index (χ2n) is 7.21. The zero-order chi connectivity index (χ0) is 20.3. The van der Waals surface area contributed by atoms with E-state index in [9.17, 15) is 9.59 Å². The molecule has 6 heteroatoms. The fourth-order valence-electron chi connectivity index (χ4n) is 3.60. The fraction of sp³-hybridized carbons (Fsp3) is 0.455. The van der Waals surface area contributed by atoms with Gasteiger partial charge in [0.15, 0.2) is 6.61 Å². The van der Waals surface area contributed by atoms with Gasteiger partial charge >= 0.3 is 5.97 Å². The summed E-state index contributed by atoms with van der Waals surface area (Å²) in [6.07, 6.45) is 2.31. The summed E-state index contributed by atoms with van der Waals surface area (Å²) in [5.41, 5.74) is 3.76. The Hall–Kier alpha value is -2.60. The first-order valence-electron chi connectivity index (χ1n) is 9.54. The summed E-state index contributed by atoms with van der Waals surface area (Å²) in [5.74, 6) is -0.141. The van der Waals surface area contributed by atoms with Crippen molar-refractivity contribution in [2.45, 2.75) is 46.3 Å². The summed E-state index contributed by atoms with van der Waals surface area (Å²) >= 11 is 0. The summed E-state index contributed by atoms with van der Waals surface area (Å²) < 4.78 is 18.3. The molecule has 0 unspecified atom stereocenters. The van der Waals surface area contributed by atoms with Crippen molar-refractivity contribution in [3.8, 4) is 5.75 Å². The van der Waals surface area contributed by atoms with Crippen LogP contribution in [0, 0.1) is 20.8 Å². The van der Waals surface area contributed by atoms with Crippen molar-refractivity contribution in [1.82, 2.24) is 4.57 Å². The normalized spacial score (nSPS) is 16.2. The molecule has 2 heterocycles. The van der Waals surface area contributed by atoms with Gasteiger partial charge in [0.1, 0.15) is 5.75 Å². The number of esters is 1. The highest BCUT2D eigenvalue weighted by Gasteiger charge is 2.22. The number of rotatable bonds is 7. The number of hydrogen-bond donors (Lipinski definition) is 0. The Morgan fingerprint density at radius 2 is 2.00 bits per heavy atom. The molecule has 0 spiro atoms. The maximum absolute atomic E-state index is 12.6. The number of aromatic nitrogens is 1. The van der Waals surface area contributed by atoms with Crippen LogP contribution in [0.1, 0.15) is 50.5 Å². The summed E-state index contributed by atoms with van der Waals surface area (Å²) in [7, 11) is 1.55. The molecule has 2 aromatic rings. The van der Waals surface area contributed by atoms with Crippen LogP contribution in [0.4, 0.5) is 0 Å². The molecule has 1 aliphatic heterocycles. The molecule has 28 heavy (non-hydrogen) atoms. The van der Waals surface area contributed by atoms with Crippen LogP contribution < -0.4 is 4.74 Å². The number of methoxy groups -OCH3 is 1. The smallest absolute Gasteiger partial charge is 0.338 e. The molecule has 1 saturated heterocycles. The van der Waals surface area contributed by atoms with E-state index in [-0.39, 0.29) is 18.5 Å². The molecule has 1 atom stereocenters. The van der Waals surface area contributed by atoms with Crippen LogP contribution in [0.15, 0.2) is 24.3 Å². The number of carbonyl (C=O) groups excluding carboxylic acids is 2. The molecule has 1 aromatic carbocycles. The van der Waals surface area contributed by atoms with Gasteiger partial charge in [0.2, 0.25) is 5.78 Å². The summed E-state index contributed by atoms with van der Waals surface area (Å²) in [4.78, 5) is 24.9. The Morgan fingerprint density at radius 3 is 2.68 bits per heavy atom. The lowest BCUT2D eigenvalue weighted by Crippen LogP contribution is -2.18. The lowest BCUT2D eigenvalue weighted by atomic mass is 10.1. The molecule has 6 nitrogen and oxygen atoms in total. The van der Waals surface area contributed by atoms with Crippen LogP contribution in [0.2, 0.25) is 0 Å². The number of benzene rings is 1. The van der Waals surface area contributed by atoms with E-state index in [0.717, 1.165) is 42.9 Å². The quantitative estimate of drug-likeness (QED) is 0.538. The minimum absolute atomic E-state index is 0.196. The molecule has 0 aliphatic carbocycles. The summed E-state index contributed by atoms with van der Waals surface area (Å²) in [6.45, 7) is 7.04. The van der Waals surface area contributed by atoms with Crippen LogP contribution in [0.3, 0.4) is 0 Å². The minimum Gasteiger partial charge on any atom is -0.496 e. The fourth-order valence-corrected chi connectivity index (χ4v) is 3.60. The van der Waals surface area contributed by atoms with E-state index < -0.39 is 5.97 Å². The molecule has 0 N–H and O–H groups in total. The highest BCUT2D eigenvalue weighted by molar-refractivity contribution is 6.00. The van der Waals surface area contributed by atoms with E-state index in [2.05, 4.69) is 4.57 Å². The number of nitrogens with zero attached hydrogens (tertiary/aromatic N) is 1. The van der Waals surface area contributed by atoms with Gasteiger partial charge in [-0.25, -0.2) is 4.79 Å². The van der Waals surface area contributed by atoms with Gasteiger partial charge in [0.05, 0.1) is 18.8 Å². The van der Waals surface area contributed by atoms with Crippen molar-refractivity contribution in [2.75, 3.05) is 20.3 Å². The zero-order valence-electron chi connectivity index (χ0n) is 16.9. The Balaban J connectivity index is 1.65. The highest BCUT2D eigenvalue weighted by Crippen LogP contribution is 2.22. The van der Waals surface area contributed by atoms with Crippen molar-refractivity contribution < 1.29 is 23.8 Å². The molecule has 3 rings (SSSR count). The molecule has 0 saturated carbocycles.